The van der Waals surface area contributed by atoms with Crippen LogP contribution in [0.15, 0.2) is 95.1 Å². The Kier molecular flexibility index (Phi) is 21.5. The number of Topliss-reactive ketones (excluding diaryl/α,β-unsaturated/α-hetero) is 2. The molecule has 0 unspecified atom stereocenters. The van der Waals surface area contributed by atoms with Gasteiger partial charge >= 0.3 is 25.0 Å². The van der Waals surface area contributed by atoms with Gasteiger partial charge in [0.25, 0.3) is 0 Å². The number of benzene rings is 3. The Hall–Kier alpha value is -7.09. The van der Waals surface area contributed by atoms with Crippen molar-refractivity contribution >= 4 is 98.8 Å². The van der Waals surface area contributed by atoms with Crippen molar-refractivity contribution in [3.63, 3.8) is 0 Å². The predicted octanol–water partition coefficient (Wildman–Crippen LogP) is 13.8. The highest BCUT2D eigenvalue weighted by Gasteiger charge is 2.60. The fourth-order valence-electron chi connectivity index (χ4n) is 14.1. The molecule has 102 heavy (non-hydrogen) atoms. The van der Waals surface area contributed by atoms with Crippen LogP contribution in [-0.2, 0) is 77.7 Å². The van der Waals surface area contributed by atoms with Crippen molar-refractivity contribution < 1.29 is 72.0 Å². The van der Waals surface area contributed by atoms with E-state index >= 15 is 8.78 Å². The molecule has 11 rings (SSSR count). The molecule has 9 atom stereocenters. The first-order chi connectivity index (χ1) is 46.9. The van der Waals surface area contributed by atoms with Gasteiger partial charge in [0.2, 0.25) is 0 Å². The molecule has 2 aromatic heterocycles. The minimum absolute atomic E-state index is 0.0917. The Morgan fingerprint density at radius 2 is 0.843 bits per heavy atom. The number of nitrogens with two attached hydrogens (primary N) is 2. The van der Waals surface area contributed by atoms with E-state index in [0.717, 1.165) is 12.4 Å². The lowest BCUT2D eigenvalue weighted by atomic mass is 9.84. The lowest BCUT2D eigenvalue weighted by Gasteiger charge is -2.46. The first-order valence-electron chi connectivity index (χ1n) is 32.8. The van der Waals surface area contributed by atoms with Crippen molar-refractivity contribution in [2.75, 3.05) is 25.4 Å². The second-order valence-corrected chi connectivity index (χ2v) is 39.7. The summed E-state index contributed by atoms with van der Waals surface area (Å²) in [6, 6.07) is 12.4. The summed E-state index contributed by atoms with van der Waals surface area (Å²) in [5.41, 5.74) is 8.73. The van der Waals surface area contributed by atoms with E-state index in [9.17, 15) is 53.8 Å². The third-order valence-electron chi connectivity index (χ3n) is 19.5. The highest BCUT2D eigenvalue weighted by Crippen LogP contribution is 2.52. The number of rotatable bonds is 15. The number of carbonyl (C=O) groups is 4. The number of ether oxygens (including phenoxy) is 2. The van der Waals surface area contributed by atoms with Gasteiger partial charge in [-0.05, 0) is 177 Å². The summed E-state index contributed by atoms with van der Waals surface area (Å²) >= 11 is 11.9. The number of esters is 2. The molecule has 0 bridgehead atoms. The van der Waals surface area contributed by atoms with Gasteiger partial charge in [-0.3, -0.25) is 34.2 Å². The number of amidine groups is 1. The number of nitrogen functional groups attached to an aromatic ring is 1. The standard InChI is InChI=1S/C27H32ClF3N4O4S.C21H23ClF3N5O2S.C21H30FN3O3S/c1-25(2,3)39-22(37)13-20-26(4,5)40(38)21(9-10-32-40)27(6,33-20)16-11-15(7-8-18(16)29)12-19(36)23-17(28)14-35(34-23)24(30)31;1-20(2)18(26)28-21(3,16-6-7-27-33(16,20)32)12-8-11(4-5-14(12)23)9-15(31)17-13(22)10-30(29-17)19(24)25;1-19(2,3)28-18(26)12-16-20(4,5)29(27)17(9-10-24-29)21(6,25-16)14-11-13(23)7-8-15(14)22/h7-8,11,14,21,24H,9-10,12-13H2,1-6H3;4-5,8,10,16,19H,6-7,9H2,1-3H3,(H2,26,28);7-8,11,17H,9-10,12,23H2,1-6H3/t21-,27+,40+;16-,21+,33+;17-,21+,29+/m000/s1. The molecule has 3 aromatic carbocycles. The lowest BCUT2D eigenvalue weighted by Crippen LogP contribution is -2.58. The van der Waals surface area contributed by atoms with Crippen LogP contribution in [0.2, 0.25) is 10.0 Å². The number of halogens is 9. The van der Waals surface area contributed by atoms with E-state index in [0.29, 0.717) is 71.8 Å². The number of anilines is 1. The lowest BCUT2D eigenvalue weighted by molar-refractivity contribution is -0.154. The molecule has 6 aliphatic heterocycles. The quantitative estimate of drug-likeness (QED) is 0.0427. The van der Waals surface area contributed by atoms with Crippen LogP contribution in [0.1, 0.15) is 198 Å². The molecule has 0 radical (unpaired) electrons. The smallest absolute Gasteiger partial charge is 0.333 e. The predicted molar refractivity (Wildman–Crippen MR) is 380 cm³/mol. The molecule has 0 saturated carbocycles. The first-order valence-corrected chi connectivity index (χ1v) is 38.3. The van der Waals surface area contributed by atoms with E-state index in [1.165, 1.54) is 48.5 Å². The van der Waals surface area contributed by atoms with E-state index in [4.69, 9.17) is 54.1 Å². The van der Waals surface area contributed by atoms with Crippen molar-refractivity contribution in [2.45, 2.75) is 220 Å². The maximum absolute atomic E-state index is 15.5. The van der Waals surface area contributed by atoms with Gasteiger partial charge < -0.3 is 20.9 Å². The Labute approximate surface area is 599 Å². The summed E-state index contributed by atoms with van der Waals surface area (Å²) in [7, 11) is -8.69. The fourth-order valence-corrected chi connectivity index (χ4v) is 24.3. The molecule has 0 aliphatic carbocycles. The number of hydrogen-bond acceptors (Lipinski definition) is 19. The number of aromatic nitrogens is 4. The summed E-state index contributed by atoms with van der Waals surface area (Å²) < 4.78 is 162. The molecule has 6 aliphatic rings. The monoisotopic (exact) mass is 1520 g/mol. The van der Waals surface area contributed by atoms with Gasteiger partial charge in [-0.25, -0.2) is 48.2 Å². The zero-order valence-corrected chi connectivity index (χ0v) is 63.2. The SMILES string of the molecule is CC(C)(C)OC(=O)CC1=N[C@](C)(c2cc(CC(=O)c3nn(C(F)F)cc3Cl)ccc2F)[C@@H]2CCN=[S@]2(=O)C1(C)C.CC(C)(C)OC(=O)CC1=N[C@](C)(c2cc(N)ccc2F)[C@@H]2CCN=[S@]2(=O)C1(C)C.CC1(C)C(N)=N[C@](C)(c2cc(CC(=O)c3nn(C(F)F)cc3Cl)ccc2F)[C@@H]2CCN=[S@@]21=O. The zero-order chi connectivity index (χ0) is 76.0. The van der Waals surface area contributed by atoms with Gasteiger partial charge in [0.15, 0.2) is 11.6 Å². The van der Waals surface area contributed by atoms with E-state index in [-0.39, 0.29) is 74.3 Å². The van der Waals surface area contributed by atoms with Crippen LogP contribution in [0.25, 0.3) is 0 Å². The number of carbonyl (C=O) groups excluding carboxylic acids is 4. The second kappa shape index (κ2) is 27.8. The topological polar surface area (TPSA) is 300 Å². The highest BCUT2D eigenvalue weighted by atomic mass is 35.5. The molecule has 0 amide bonds. The van der Waals surface area contributed by atoms with Gasteiger partial charge in [-0.2, -0.15) is 27.8 Å². The minimum atomic E-state index is -3.02. The summed E-state index contributed by atoms with van der Waals surface area (Å²) in [6.45, 7) is 21.3. The molecule has 556 valence electrons. The third-order valence-corrected chi connectivity index (χ3v) is 31.2. The van der Waals surface area contributed by atoms with Crippen molar-refractivity contribution in [3.05, 3.63) is 134 Å². The summed E-state index contributed by atoms with van der Waals surface area (Å²) in [5.74, 6) is -3.80. The Balaban J connectivity index is 0.000000180. The van der Waals surface area contributed by atoms with Crippen LogP contribution < -0.4 is 11.5 Å². The van der Waals surface area contributed by atoms with Gasteiger partial charge in [0.1, 0.15) is 67.2 Å². The van der Waals surface area contributed by atoms with E-state index in [2.05, 4.69) is 28.3 Å². The average Bonchev–Trinajstić information content (AvgIpc) is 1.38. The van der Waals surface area contributed by atoms with Gasteiger partial charge in [0.05, 0.1) is 89.7 Å². The Bertz CT molecular complexity index is 4750. The van der Waals surface area contributed by atoms with Crippen LogP contribution in [0.4, 0.5) is 36.4 Å². The molecule has 33 heteroatoms. The number of ketones is 2. The molecule has 21 nitrogen and oxygen atoms in total. The van der Waals surface area contributed by atoms with Crippen LogP contribution in [-0.4, -0.2) is 134 Å². The summed E-state index contributed by atoms with van der Waals surface area (Å²) in [4.78, 5) is 65.3. The number of hydrogen-bond donors (Lipinski definition) is 2. The fraction of sp³-hybridized carbons (Fsp3) is 0.551. The van der Waals surface area contributed by atoms with Crippen molar-refractivity contribution in [1.82, 2.24) is 19.6 Å². The molecule has 0 fully saturated rings. The summed E-state index contributed by atoms with van der Waals surface area (Å²) in [6.07, 6.45) is 2.21. The molecule has 0 spiro atoms. The van der Waals surface area contributed by atoms with Crippen LogP contribution in [0, 0.1) is 17.5 Å². The molecule has 4 N–H and O–H groups in total. The molecular formula is C69H85Cl2F7N12O9S3. The maximum Gasteiger partial charge on any atom is 0.333 e. The number of nitrogens with zero attached hydrogens (tertiary/aromatic N) is 10. The van der Waals surface area contributed by atoms with Gasteiger partial charge in [-0.15, -0.1) is 0 Å². The highest BCUT2D eigenvalue weighted by molar-refractivity contribution is 7.97. The molecule has 8 heterocycles. The van der Waals surface area contributed by atoms with Crippen molar-refractivity contribution in [1.29, 1.82) is 0 Å². The van der Waals surface area contributed by atoms with Crippen molar-refractivity contribution in [2.24, 2.45) is 33.8 Å². The van der Waals surface area contributed by atoms with Crippen molar-refractivity contribution in [3.8, 4) is 0 Å². The van der Waals surface area contributed by atoms with Gasteiger partial charge in [0, 0.05) is 66.3 Å². The van der Waals surface area contributed by atoms with Gasteiger partial charge in [-0.1, -0.05) is 35.3 Å². The van der Waals surface area contributed by atoms with Crippen LogP contribution >= 0.6 is 23.2 Å². The van der Waals surface area contributed by atoms with E-state index < -0.39 is 141 Å². The number of aliphatic imine (C=N–C) groups is 3. The number of fused-ring (bicyclic) bond motifs is 3. The average molecular weight is 1530 g/mol. The molecule has 5 aromatic rings. The van der Waals surface area contributed by atoms with Crippen LogP contribution in [0.5, 0.6) is 0 Å². The normalized spacial score (nSPS) is 28.1. The number of alkyl halides is 4. The molecular weight excluding hydrogens is 1440 g/mol. The minimum Gasteiger partial charge on any atom is -0.460 e. The second-order valence-electron chi connectivity index (χ2n) is 29.9. The summed E-state index contributed by atoms with van der Waals surface area (Å²) in [5, 5.41) is 5.01. The Morgan fingerprint density at radius 3 is 1.18 bits per heavy atom. The van der Waals surface area contributed by atoms with E-state index in [1.54, 1.807) is 110 Å². The maximum atomic E-state index is 15.5. The van der Waals surface area contributed by atoms with E-state index in [1.807, 2.05) is 0 Å². The largest absolute Gasteiger partial charge is 0.460 e. The third kappa shape index (κ3) is 14.5. The van der Waals surface area contributed by atoms with Crippen LogP contribution in [0.3, 0.4) is 0 Å². The first kappa shape index (κ1) is 79.0. The zero-order valence-electron chi connectivity index (χ0n) is 59.2. The molecule has 0 saturated heterocycles. The Morgan fingerprint density at radius 1 is 0.520 bits per heavy atom.